The summed E-state index contributed by atoms with van der Waals surface area (Å²) in [5.74, 6) is 0. The number of fused-ring (bicyclic) bond motifs is 2. The Bertz CT molecular complexity index is 1020. The van der Waals surface area contributed by atoms with Crippen LogP contribution in [-0.4, -0.2) is 11.5 Å². The first-order valence-electron chi connectivity index (χ1n) is 10.0. The number of hydrogen-bond donors (Lipinski definition) is 1. The molecule has 3 aromatic carbocycles. The summed E-state index contributed by atoms with van der Waals surface area (Å²) in [6, 6.07) is 24.9. The van der Waals surface area contributed by atoms with E-state index in [4.69, 9.17) is 0 Å². The van der Waals surface area contributed by atoms with E-state index < -0.39 is 0 Å². The molecule has 27 heavy (non-hydrogen) atoms. The SMILES string of the molecule is c1cncc([C@@H]2CCCC[NH+]2Cc2c3ccccc3cc3ccccc23)c1. The van der Waals surface area contributed by atoms with Crippen LogP contribution in [0.1, 0.15) is 36.4 Å². The number of piperidine rings is 1. The highest BCUT2D eigenvalue weighted by Gasteiger charge is 2.28. The molecule has 5 rings (SSSR count). The second-order valence-corrected chi connectivity index (χ2v) is 7.72. The summed E-state index contributed by atoms with van der Waals surface area (Å²) in [7, 11) is 0. The van der Waals surface area contributed by atoms with E-state index in [1.54, 1.807) is 4.90 Å². The maximum atomic E-state index is 4.39. The molecule has 1 fully saturated rings. The zero-order chi connectivity index (χ0) is 18.1. The molecule has 0 radical (unpaired) electrons. The predicted molar refractivity (Wildman–Crippen MR) is 112 cm³/mol. The van der Waals surface area contributed by atoms with Crippen LogP contribution < -0.4 is 4.90 Å². The van der Waals surface area contributed by atoms with Crippen LogP contribution in [0.2, 0.25) is 0 Å². The molecule has 1 N–H and O–H groups in total. The van der Waals surface area contributed by atoms with Gasteiger partial charge in [0.25, 0.3) is 0 Å². The topological polar surface area (TPSA) is 17.3 Å². The van der Waals surface area contributed by atoms with Gasteiger partial charge < -0.3 is 4.90 Å². The second kappa shape index (κ2) is 7.13. The van der Waals surface area contributed by atoms with Gasteiger partial charge >= 0.3 is 0 Å². The fourth-order valence-electron chi connectivity index (χ4n) is 4.80. The molecule has 134 valence electrons. The molecule has 0 aliphatic carbocycles. The van der Waals surface area contributed by atoms with Crippen molar-refractivity contribution in [1.82, 2.24) is 4.98 Å². The van der Waals surface area contributed by atoms with Gasteiger partial charge in [-0.15, -0.1) is 0 Å². The Morgan fingerprint density at radius 1 is 0.852 bits per heavy atom. The van der Waals surface area contributed by atoms with Gasteiger partial charge in [-0.3, -0.25) is 4.98 Å². The lowest BCUT2D eigenvalue weighted by Crippen LogP contribution is -3.11. The summed E-state index contributed by atoms with van der Waals surface area (Å²) in [5, 5.41) is 5.50. The molecule has 0 amide bonds. The van der Waals surface area contributed by atoms with E-state index in [2.05, 4.69) is 77.9 Å². The third kappa shape index (κ3) is 3.11. The van der Waals surface area contributed by atoms with Crippen molar-refractivity contribution in [3.8, 4) is 0 Å². The van der Waals surface area contributed by atoms with Gasteiger partial charge in [0.1, 0.15) is 12.6 Å². The van der Waals surface area contributed by atoms with Crippen LogP contribution in [-0.2, 0) is 6.54 Å². The molecular weight excluding hydrogens is 328 g/mol. The maximum Gasteiger partial charge on any atom is 0.115 e. The minimum atomic E-state index is 0.546. The highest BCUT2D eigenvalue weighted by Crippen LogP contribution is 2.29. The number of likely N-dealkylation sites (tertiary alicyclic amines) is 1. The Balaban J connectivity index is 1.62. The zero-order valence-electron chi connectivity index (χ0n) is 15.6. The van der Waals surface area contributed by atoms with Crippen molar-refractivity contribution in [1.29, 1.82) is 0 Å². The number of rotatable bonds is 3. The van der Waals surface area contributed by atoms with Crippen molar-refractivity contribution in [3.05, 3.63) is 90.3 Å². The highest BCUT2D eigenvalue weighted by molar-refractivity contribution is 6.02. The van der Waals surface area contributed by atoms with Crippen LogP contribution in [0.15, 0.2) is 79.1 Å². The Kier molecular flexibility index (Phi) is 4.35. The van der Waals surface area contributed by atoms with Crippen molar-refractivity contribution < 1.29 is 4.90 Å². The summed E-state index contributed by atoms with van der Waals surface area (Å²) < 4.78 is 0. The normalized spacial score (nSPS) is 20.1. The molecule has 1 aliphatic rings. The molecular formula is C25H25N2+. The average molecular weight is 353 g/mol. The van der Waals surface area contributed by atoms with Crippen molar-refractivity contribution in [2.75, 3.05) is 6.54 Å². The van der Waals surface area contributed by atoms with Gasteiger partial charge in [0.15, 0.2) is 0 Å². The summed E-state index contributed by atoms with van der Waals surface area (Å²) in [4.78, 5) is 6.06. The molecule has 2 nitrogen and oxygen atoms in total. The lowest BCUT2D eigenvalue weighted by atomic mass is 9.93. The lowest BCUT2D eigenvalue weighted by Gasteiger charge is -2.33. The molecule has 1 unspecified atom stereocenters. The van der Waals surface area contributed by atoms with Gasteiger partial charge in [-0.1, -0.05) is 54.6 Å². The molecule has 0 bridgehead atoms. The Labute approximate surface area is 160 Å². The van der Waals surface area contributed by atoms with Gasteiger partial charge in [0, 0.05) is 29.9 Å². The minimum absolute atomic E-state index is 0.546. The van der Waals surface area contributed by atoms with E-state index in [0.717, 1.165) is 6.54 Å². The van der Waals surface area contributed by atoms with E-state index >= 15 is 0 Å². The Hall–Kier alpha value is -2.71. The monoisotopic (exact) mass is 353 g/mol. The molecule has 2 heterocycles. The summed E-state index contributed by atoms with van der Waals surface area (Å²) in [6.07, 6.45) is 7.83. The number of benzene rings is 3. The summed E-state index contributed by atoms with van der Waals surface area (Å²) in [6.45, 7) is 2.30. The van der Waals surface area contributed by atoms with E-state index in [1.807, 2.05) is 6.20 Å². The Morgan fingerprint density at radius 2 is 1.59 bits per heavy atom. The first-order valence-corrected chi connectivity index (χ1v) is 10.0. The van der Waals surface area contributed by atoms with Crippen LogP contribution in [0.3, 0.4) is 0 Å². The largest absolute Gasteiger partial charge is 0.325 e. The number of aromatic nitrogens is 1. The van der Waals surface area contributed by atoms with Crippen LogP contribution in [0.5, 0.6) is 0 Å². The van der Waals surface area contributed by atoms with Crippen LogP contribution in [0, 0.1) is 0 Å². The second-order valence-electron chi connectivity index (χ2n) is 7.72. The number of nitrogens with one attached hydrogen (secondary N) is 1. The number of pyridine rings is 1. The lowest BCUT2D eigenvalue weighted by molar-refractivity contribution is -0.950. The van der Waals surface area contributed by atoms with Gasteiger partial charge in [0.05, 0.1) is 6.54 Å². The van der Waals surface area contributed by atoms with Crippen LogP contribution >= 0.6 is 0 Å². The molecule has 1 saturated heterocycles. The third-order valence-corrected chi connectivity index (χ3v) is 6.11. The van der Waals surface area contributed by atoms with Gasteiger partial charge in [-0.05, 0) is 46.5 Å². The van der Waals surface area contributed by atoms with Crippen molar-refractivity contribution >= 4 is 21.5 Å². The number of hydrogen-bond acceptors (Lipinski definition) is 1. The number of nitrogens with zero attached hydrogens (tertiary/aromatic N) is 1. The third-order valence-electron chi connectivity index (χ3n) is 6.11. The first-order chi connectivity index (χ1) is 13.4. The van der Waals surface area contributed by atoms with Gasteiger partial charge in [-0.25, -0.2) is 0 Å². The van der Waals surface area contributed by atoms with E-state index in [9.17, 15) is 0 Å². The van der Waals surface area contributed by atoms with Crippen molar-refractivity contribution in [2.45, 2.75) is 31.8 Å². The van der Waals surface area contributed by atoms with Gasteiger partial charge in [0.2, 0.25) is 0 Å². The molecule has 0 saturated carbocycles. The van der Waals surface area contributed by atoms with Crippen molar-refractivity contribution in [3.63, 3.8) is 0 Å². The smallest absolute Gasteiger partial charge is 0.115 e. The van der Waals surface area contributed by atoms with Crippen molar-refractivity contribution in [2.24, 2.45) is 0 Å². The first kappa shape index (κ1) is 16.5. The Morgan fingerprint density at radius 3 is 2.30 bits per heavy atom. The summed E-state index contributed by atoms with van der Waals surface area (Å²) in [5.41, 5.74) is 2.88. The molecule has 1 aliphatic heterocycles. The maximum absolute atomic E-state index is 4.39. The molecule has 4 aromatic rings. The van der Waals surface area contributed by atoms with Gasteiger partial charge in [-0.2, -0.15) is 0 Å². The van der Waals surface area contributed by atoms with Crippen LogP contribution in [0.25, 0.3) is 21.5 Å². The van der Waals surface area contributed by atoms with Crippen LogP contribution in [0.4, 0.5) is 0 Å². The fourth-order valence-corrected chi connectivity index (χ4v) is 4.80. The number of quaternary nitrogens is 1. The van der Waals surface area contributed by atoms with E-state index in [0.29, 0.717) is 6.04 Å². The van der Waals surface area contributed by atoms with E-state index in [-0.39, 0.29) is 0 Å². The molecule has 2 heteroatoms. The zero-order valence-corrected chi connectivity index (χ0v) is 15.6. The fraction of sp³-hybridized carbons (Fsp3) is 0.240. The molecule has 0 spiro atoms. The standard InChI is InChI=1S/C25H24N2/c1-3-11-22-19(8-1)16-20-9-2-4-12-23(20)24(22)18-27-15-6-5-13-25(27)21-10-7-14-26-17-21/h1-4,7-12,14,16-17,25H,5-6,13,15,18H2/p+1/t25-/m0/s1. The molecule has 2 atom stereocenters. The quantitative estimate of drug-likeness (QED) is 0.529. The predicted octanol–water partition coefficient (Wildman–Crippen LogP) is 4.70. The highest BCUT2D eigenvalue weighted by atomic mass is 15.2. The van der Waals surface area contributed by atoms with E-state index in [1.165, 1.54) is 58.5 Å². The average Bonchev–Trinajstić information content (AvgIpc) is 2.74. The summed E-state index contributed by atoms with van der Waals surface area (Å²) >= 11 is 0. The minimum Gasteiger partial charge on any atom is -0.325 e. The molecule has 1 aromatic heterocycles.